The van der Waals surface area contributed by atoms with E-state index in [0.29, 0.717) is 30.8 Å². The highest BCUT2D eigenvalue weighted by Gasteiger charge is 2.08. The van der Waals surface area contributed by atoms with E-state index in [9.17, 15) is 0 Å². The number of anilines is 1. The maximum Gasteiger partial charge on any atom is 0.221 e. The van der Waals surface area contributed by atoms with Crippen LogP contribution in [0.25, 0.3) is 0 Å². The van der Waals surface area contributed by atoms with Crippen molar-refractivity contribution in [1.29, 1.82) is 0 Å². The molecular weight excluding hydrogens is 230 g/mol. The van der Waals surface area contributed by atoms with Gasteiger partial charge in [-0.15, -0.1) is 0 Å². The van der Waals surface area contributed by atoms with Crippen LogP contribution in [0.3, 0.4) is 0 Å². The molecule has 0 unspecified atom stereocenters. The maximum atomic E-state index is 5.63. The van der Waals surface area contributed by atoms with E-state index in [1.807, 2.05) is 20.9 Å². The molecule has 0 saturated carbocycles. The van der Waals surface area contributed by atoms with Crippen molar-refractivity contribution in [3.8, 4) is 5.88 Å². The zero-order valence-corrected chi connectivity index (χ0v) is 11.9. The van der Waals surface area contributed by atoms with E-state index in [1.54, 1.807) is 0 Å². The van der Waals surface area contributed by atoms with Gasteiger partial charge in [0.05, 0.1) is 12.2 Å². The zero-order valence-electron chi connectivity index (χ0n) is 11.9. The molecule has 1 heterocycles. The number of aromatic nitrogens is 2. The van der Waals surface area contributed by atoms with Gasteiger partial charge in [-0.25, -0.2) is 4.98 Å². The second-order valence-corrected chi connectivity index (χ2v) is 4.62. The number of hydrogen-bond acceptors (Lipinski definition) is 5. The largest absolute Gasteiger partial charge is 0.475 e. The quantitative estimate of drug-likeness (QED) is 0.755. The summed E-state index contributed by atoms with van der Waals surface area (Å²) in [6.45, 7) is 9.88. The molecular formula is C13H23N3O2. The zero-order chi connectivity index (χ0) is 13.5. The van der Waals surface area contributed by atoms with Crippen LogP contribution in [0.15, 0.2) is 0 Å². The summed E-state index contributed by atoms with van der Waals surface area (Å²) in [7, 11) is 1.84. The molecule has 0 saturated heterocycles. The third-order valence-corrected chi connectivity index (χ3v) is 2.37. The van der Waals surface area contributed by atoms with E-state index < -0.39 is 0 Å². The van der Waals surface area contributed by atoms with E-state index in [1.165, 1.54) is 0 Å². The van der Waals surface area contributed by atoms with Gasteiger partial charge in [0.2, 0.25) is 5.88 Å². The molecule has 0 aliphatic carbocycles. The Morgan fingerprint density at radius 1 is 1.17 bits per heavy atom. The summed E-state index contributed by atoms with van der Waals surface area (Å²) >= 11 is 0. The smallest absolute Gasteiger partial charge is 0.221 e. The standard InChI is InChI=1S/C13H23N3O2/c1-9(2)8-17-6-7-18-13-10(3)12(14-5)15-11(4)16-13/h9H,6-8H2,1-5H3,(H,14,15,16). The van der Waals surface area contributed by atoms with Gasteiger partial charge >= 0.3 is 0 Å². The molecule has 0 radical (unpaired) electrons. The van der Waals surface area contributed by atoms with Crippen molar-refractivity contribution < 1.29 is 9.47 Å². The molecule has 102 valence electrons. The number of nitrogens with zero attached hydrogens (tertiary/aromatic N) is 2. The molecule has 0 aliphatic heterocycles. The van der Waals surface area contributed by atoms with Crippen LogP contribution in [0.4, 0.5) is 5.82 Å². The molecule has 1 rings (SSSR count). The lowest BCUT2D eigenvalue weighted by atomic mass is 10.2. The number of aryl methyl sites for hydroxylation is 1. The Hall–Kier alpha value is -1.36. The molecule has 0 amide bonds. The van der Waals surface area contributed by atoms with Crippen molar-refractivity contribution in [2.75, 3.05) is 32.2 Å². The summed E-state index contributed by atoms with van der Waals surface area (Å²) in [4.78, 5) is 8.57. The van der Waals surface area contributed by atoms with E-state index in [-0.39, 0.29) is 0 Å². The average Bonchev–Trinajstić information content (AvgIpc) is 2.32. The average molecular weight is 253 g/mol. The van der Waals surface area contributed by atoms with Crippen LogP contribution in [0.5, 0.6) is 5.88 Å². The summed E-state index contributed by atoms with van der Waals surface area (Å²) in [5, 5.41) is 3.03. The maximum absolute atomic E-state index is 5.63. The first-order valence-electron chi connectivity index (χ1n) is 6.28. The first-order valence-corrected chi connectivity index (χ1v) is 6.28. The minimum Gasteiger partial charge on any atom is -0.475 e. The topological polar surface area (TPSA) is 56.3 Å². The lowest BCUT2D eigenvalue weighted by Crippen LogP contribution is -2.12. The Labute approximate surface area is 109 Å². The monoisotopic (exact) mass is 253 g/mol. The molecule has 18 heavy (non-hydrogen) atoms. The molecule has 5 heteroatoms. The summed E-state index contributed by atoms with van der Waals surface area (Å²) < 4.78 is 11.1. The second-order valence-electron chi connectivity index (χ2n) is 4.62. The first kappa shape index (κ1) is 14.7. The lowest BCUT2D eigenvalue weighted by Gasteiger charge is -2.12. The number of rotatable bonds is 7. The third kappa shape index (κ3) is 4.49. The minimum atomic E-state index is 0.507. The fraction of sp³-hybridized carbons (Fsp3) is 0.692. The molecule has 1 aromatic rings. The summed E-state index contributed by atoms with van der Waals surface area (Å²) in [6.07, 6.45) is 0. The minimum absolute atomic E-state index is 0.507. The molecule has 0 atom stereocenters. The Bertz CT molecular complexity index is 381. The highest BCUT2D eigenvalue weighted by molar-refractivity contribution is 5.47. The van der Waals surface area contributed by atoms with Crippen LogP contribution >= 0.6 is 0 Å². The van der Waals surface area contributed by atoms with Crippen LogP contribution in [0.2, 0.25) is 0 Å². The van der Waals surface area contributed by atoms with Crippen molar-refractivity contribution in [3.63, 3.8) is 0 Å². The van der Waals surface area contributed by atoms with Crippen LogP contribution in [-0.2, 0) is 4.74 Å². The van der Waals surface area contributed by atoms with Crippen LogP contribution < -0.4 is 10.1 Å². The second kappa shape index (κ2) is 7.16. The van der Waals surface area contributed by atoms with Gasteiger partial charge < -0.3 is 14.8 Å². The Morgan fingerprint density at radius 3 is 2.50 bits per heavy atom. The van der Waals surface area contributed by atoms with Gasteiger partial charge in [0.15, 0.2) is 0 Å². The Morgan fingerprint density at radius 2 is 1.89 bits per heavy atom. The predicted octanol–water partition coefficient (Wildman–Crippen LogP) is 2.19. The molecule has 0 spiro atoms. The highest BCUT2D eigenvalue weighted by atomic mass is 16.5. The fourth-order valence-electron chi connectivity index (χ4n) is 1.50. The van der Waals surface area contributed by atoms with Crippen molar-refractivity contribution >= 4 is 5.82 Å². The van der Waals surface area contributed by atoms with Crippen LogP contribution in [0.1, 0.15) is 25.2 Å². The summed E-state index contributed by atoms with van der Waals surface area (Å²) in [6, 6.07) is 0. The SMILES string of the molecule is CNc1nc(C)nc(OCCOCC(C)C)c1C. The van der Waals surface area contributed by atoms with Crippen molar-refractivity contribution in [1.82, 2.24) is 9.97 Å². The summed E-state index contributed by atoms with van der Waals surface area (Å²) in [5.74, 6) is 2.67. The number of hydrogen-bond donors (Lipinski definition) is 1. The molecule has 0 aliphatic rings. The molecule has 0 fully saturated rings. The molecule has 0 aromatic carbocycles. The van der Waals surface area contributed by atoms with Crippen LogP contribution in [-0.4, -0.2) is 36.8 Å². The van der Waals surface area contributed by atoms with Gasteiger partial charge in [-0.05, 0) is 19.8 Å². The van der Waals surface area contributed by atoms with E-state index in [4.69, 9.17) is 9.47 Å². The van der Waals surface area contributed by atoms with Crippen LogP contribution in [0, 0.1) is 19.8 Å². The number of nitrogens with one attached hydrogen (secondary N) is 1. The molecule has 0 bridgehead atoms. The number of ether oxygens (including phenoxy) is 2. The van der Waals surface area contributed by atoms with E-state index >= 15 is 0 Å². The first-order chi connectivity index (χ1) is 8.54. The normalized spacial score (nSPS) is 10.8. The van der Waals surface area contributed by atoms with Gasteiger partial charge in [0.1, 0.15) is 18.2 Å². The Kier molecular flexibility index (Phi) is 5.85. The van der Waals surface area contributed by atoms with Gasteiger partial charge in [0, 0.05) is 13.7 Å². The summed E-state index contributed by atoms with van der Waals surface area (Å²) in [5.41, 5.74) is 0.923. The third-order valence-electron chi connectivity index (χ3n) is 2.37. The van der Waals surface area contributed by atoms with Gasteiger partial charge in [-0.3, -0.25) is 0 Å². The van der Waals surface area contributed by atoms with Crippen molar-refractivity contribution in [2.45, 2.75) is 27.7 Å². The Balaban J connectivity index is 2.49. The van der Waals surface area contributed by atoms with Gasteiger partial charge in [-0.1, -0.05) is 13.8 Å². The van der Waals surface area contributed by atoms with Gasteiger partial charge in [0.25, 0.3) is 0 Å². The fourth-order valence-corrected chi connectivity index (χ4v) is 1.50. The lowest BCUT2D eigenvalue weighted by molar-refractivity contribution is 0.0803. The van der Waals surface area contributed by atoms with E-state index in [0.717, 1.165) is 18.0 Å². The van der Waals surface area contributed by atoms with Gasteiger partial charge in [-0.2, -0.15) is 4.98 Å². The van der Waals surface area contributed by atoms with Crippen molar-refractivity contribution in [3.05, 3.63) is 11.4 Å². The highest BCUT2D eigenvalue weighted by Crippen LogP contribution is 2.21. The van der Waals surface area contributed by atoms with Crippen molar-refractivity contribution in [2.24, 2.45) is 5.92 Å². The molecule has 5 nitrogen and oxygen atoms in total. The molecule has 1 aromatic heterocycles. The predicted molar refractivity (Wildman–Crippen MR) is 72.2 cm³/mol. The molecule has 1 N–H and O–H groups in total. The van der Waals surface area contributed by atoms with E-state index in [2.05, 4.69) is 29.1 Å².